The topological polar surface area (TPSA) is 121 Å². The van der Waals surface area contributed by atoms with Crippen molar-refractivity contribution in [3.8, 4) is 0 Å². The van der Waals surface area contributed by atoms with E-state index in [0.29, 0.717) is 6.42 Å². The van der Waals surface area contributed by atoms with Gasteiger partial charge in [0.15, 0.2) is 5.78 Å². The van der Waals surface area contributed by atoms with Crippen LogP contribution in [0.25, 0.3) is 33.2 Å². The number of aromatic amines is 2. The molecule has 218 valence electrons. The minimum atomic E-state index is -0.681. The first-order valence-electron chi connectivity index (χ1n) is 14.8. The first-order chi connectivity index (χ1) is 20.0. The summed E-state index contributed by atoms with van der Waals surface area (Å²) >= 11 is 0. The summed E-state index contributed by atoms with van der Waals surface area (Å²) in [4.78, 5) is 43.0. The van der Waals surface area contributed by atoms with Crippen LogP contribution in [0.5, 0.6) is 0 Å². The number of rotatable bonds is 5. The quantitative estimate of drug-likeness (QED) is 0.289. The van der Waals surface area contributed by atoms with Crippen molar-refractivity contribution in [1.82, 2.24) is 19.9 Å². The molecule has 8 bridgehead atoms. The van der Waals surface area contributed by atoms with E-state index in [0.717, 1.165) is 90.2 Å². The number of aliphatic hydroxyl groups is 1. The maximum atomic E-state index is 13.4. The zero-order valence-corrected chi connectivity index (χ0v) is 25.4. The number of methoxy groups -OCH3 is 1. The van der Waals surface area contributed by atoms with Crippen molar-refractivity contribution in [2.24, 2.45) is 0 Å². The number of carbonyl (C=O) groups excluding carboxylic acids is 2. The molecular weight excluding hydrogens is 528 g/mol. The molecule has 3 atom stereocenters. The third kappa shape index (κ3) is 4.31. The average Bonchev–Trinajstić information content (AvgIpc) is 3.70. The van der Waals surface area contributed by atoms with Gasteiger partial charge in [0.2, 0.25) is 0 Å². The number of H-pyrrole nitrogens is 2. The molecular formula is C34H38N4O4. The zero-order chi connectivity index (χ0) is 30.0. The van der Waals surface area contributed by atoms with Crippen LogP contribution in [0.4, 0.5) is 0 Å². The molecule has 3 aromatic heterocycles. The Balaban J connectivity index is 1.75. The highest BCUT2D eigenvalue weighted by atomic mass is 16.5. The van der Waals surface area contributed by atoms with E-state index in [2.05, 4.69) is 36.8 Å². The minimum Gasteiger partial charge on any atom is -0.469 e. The van der Waals surface area contributed by atoms with Gasteiger partial charge in [0.05, 0.1) is 35.8 Å². The van der Waals surface area contributed by atoms with Crippen molar-refractivity contribution < 1.29 is 19.4 Å². The van der Waals surface area contributed by atoms with E-state index in [9.17, 15) is 14.7 Å². The molecule has 8 nitrogen and oxygen atoms in total. The number of aliphatic hydroxyl groups excluding tert-OH is 1. The fourth-order valence-electron chi connectivity index (χ4n) is 7.08. The molecule has 3 aliphatic rings. The second-order valence-corrected chi connectivity index (χ2v) is 11.9. The predicted octanol–water partition coefficient (Wildman–Crippen LogP) is 6.90. The Morgan fingerprint density at radius 3 is 2.48 bits per heavy atom. The Kier molecular flexibility index (Phi) is 6.92. The Labute approximate surface area is 245 Å². The van der Waals surface area contributed by atoms with Gasteiger partial charge in [-0.25, -0.2) is 4.98 Å². The molecule has 3 N–H and O–H groups in total. The van der Waals surface area contributed by atoms with Gasteiger partial charge < -0.3 is 19.8 Å². The van der Waals surface area contributed by atoms with Gasteiger partial charge in [0, 0.05) is 63.6 Å². The van der Waals surface area contributed by atoms with E-state index >= 15 is 0 Å². The molecule has 0 spiro atoms. The fourth-order valence-corrected chi connectivity index (χ4v) is 7.08. The number of aryl methyl sites for hydroxylation is 2. The highest BCUT2D eigenvalue weighted by molar-refractivity contribution is 6.13. The number of aromatic nitrogens is 4. The lowest BCUT2D eigenvalue weighted by Crippen LogP contribution is -2.09. The lowest BCUT2D eigenvalue weighted by atomic mass is 9.85. The summed E-state index contributed by atoms with van der Waals surface area (Å²) < 4.78 is 4.96. The van der Waals surface area contributed by atoms with E-state index in [4.69, 9.17) is 14.7 Å². The number of nitrogens with one attached hydrogen (secondary N) is 2. The fraction of sp³-hybridized carbons (Fsp3) is 0.412. The minimum absolute atomic E-state index is 0.00690. The molecule has 8 heteroatoms. The lowest BCUT2D eigenvalue weighted by molar-refractivity contribution is -0.140. The summed E-state index contributed by atoms with van der Waals surface area (Å²) in [5.41, 5.74) is 13.4. The van der Waals surface area contributed by atoms with Gasteiger partial charge in [-0.15, -0.1) is 0 Å². The molecule has 0 saturated heterocycles. The van der Waals surface area contributed by atoms with Gasteiger partial charge in [0.1, 0.15) is 0 Å². The van der Waals surface area contributed by atoms with Crippen LogP contribution in [-0.2, 0) is 16.0 Å². The smallest absolute Gasteiger partial charge is 0.305 e. The Morgan fingerprint density at radius 2 is 1.79 bits per heavy atom. The first-order valence-corrected chi connectivity index (χ1v) is 14.8. The van der Waals surface area contributed by atoms with Crippen molar-refractivity contribution in [3.63, 3.8) is 0 Å². The Morgan fingerprint density at radius 1 is 1.07 bits per heavy atom. The largest absolute Gasteiger partial charge is 0.469 e. The molecule has 0 amide bonds. The molecule has 42 heavy (non-hydrogen) atoms. The maximum Gasteiger partial charge on any atom is 0.305 e. The van der Waals surface area contributed by atoms with Gasteiger partial charge in [0.25, 0.3) is 0 Å². The number of ketones is 1. The van der Waals surface area contributed by atoms with E-state index < -0.39 is 6.10 Å². The van der Waals surface area contributed by atoms with Crippen molar-refractivity contribution in [3.05, 3.63) is 68.8 Å². The van der Waals surface area contributed by atoms with Crippen LogP contribution < -0.4 is 0 Å². The van der Waals surface area contributed by atoms with E-state index in [1.807, 2.05) is 26.0 Å². The maximum absolute atomic E-state index is 13.4. The van der Waals surface area contributed by atoms with E-state index in [1.54, 1.807) is 6.92 Å². The molecule has 1 unspecified atom stereocenters. The monoisotopic (exact) mass is 566 g/mol. The number of hydrogen-bond acceptors (Lipinski definition) is 6. The second kappa shape index (κ2) is 10.3. The third-order valence-electron chi connectivity index (χ3n) is 9.45. The number of nitrogens with zero attached hydrogens (tertiary/aromatic N) is 2. The highest BCUT2D eigenvalue weighted by Gasteiger charge is 2.36. The third-order valence-corrected chi connectivity index (χ3v) is 9.45. The van der Waals surface area contributed by atoms with Gasteiger partial charge in [-0.2, -0.15) is 0 Å². The van der Waals surface area contributed by atoms with Crippen LogP contribution in [0.2, 0.25) is 0 Å². The van der Waals surface area contributed by atoms with E-state index in [1.165, 1.54) is 7.11 Å². The molecule has 0 aromatic carbocycles. The van der Waals surface area contributed by atoms with Crippen molar-refractivity contribution >= 4 is 45.0 Å². The van der Waals surface area contributed by atoms with Crippen molar-refractivity contribution in [1.29, 1.82) is 0 Å². The van der Waals surface area contributed by atoms with Gasteiger partial charge in [-0.3, -0.25) is 14.6 Å². The standard InChI is InChI=1S/C34H38N4O4/c1-8-20-15(2)23-14-28-31(19(6)39)17(4)25(36-28)12-24-16(3)21(9-10-30(41)42-7)33(37-24)22-11-29(40)32-18(5)26(38-34(22)32)13-27(20)35-23/h12-14,16,19,21,36,38-39H,8-11H2,1-7H3/t16-,19?,21-/m0/s1. The normalized spacial score (nSPS) is 18.6. The van der Waals surface area contributed by atoms with Gasteiger partial charge >= 0.3 is 5.97 Å². The van der Waals surface area contributed by atoms with E-state index in [-0.39, 0.29) is 36.4 Å². The molecule has 6 rings (SSSR count). The highest BCUT2D eigenvalue weighted by Crippen LogP contribution is 2.44. The second-order valence-electron chi connectivity index (χ2n) is 11.9. The number of hydrogen-bond donors (Lipinski definition) is 3. The SMILES string of the molecule is CCC1=C(C)c2cc3[nH]c(cc4nc(c5c6[nH]c(cc1n2)c(C)c6C(=O)C5)[C@@H](CCC(=O)OC)[C@@H]4C)c(C)c3C(C)O. The zero-order valence-electron chi connectivity index (χ0n) is 25.4. The summed E-state index contributed by atoms with van der Waals surface area (Å²) in [6, 6.07) is 6.13. The number of esters is 1. The predicted molar refractivity (Wildman–Crippen MR) is 164 cm³/mol. The van der Waals surface area contributed by atoms with Crippen LogP contribution in [0.15, 0.2) is 18.2 Å². The average molecular weight is 567 g/mol. The van der Waals surface area contributed by atoms with Crippen LogP contribution in [-0.4, -0.2) is 43.9 Å². The number of ether oxygens (including phenoxy) is 1. The number of allylic oxidation sites excluding steroid dienone is 2. The van der Waals surface area contributed by atoms with Crippen LogP contribution in [0.3, 0.4) is 0 Å². The van der Waals surface area contributed by atoms with Crippen LogP contribution >= 0.6 is 0 Å². The molecule has 3 aromatic rings. The number of Topliss-reactive ketones (excluding diaryl/α,β-unsaturated/α-hetero) is 1. The Hall–Kier alpha value is -4.04. The molecule has 0 fully saturated rings. The van der Waals surface area contributed by atoms with Gasteiger partial charge in [-0.1, -0.05) is 13.8 Å². The van der Waals surface area contributed by atoms with Crippen molar-refractivity contribution in [2.75, 3.05) is 7.11 Å². The summed E-state index contributed by atoms with van der Waals surface area (Å²) in [5, 5.41) is 10.8. The molecule has 1 aliphatic carbocycles. The molecule has 0 radical (unpaired) electrons. The molecule has 2 aliphatic heterocycles. The molecule has 0 saturated carbocycles. The van der Waals surface area contributed by atoms with Crippen LogP contribution in [0.1, 0.15) is 120 Å². The number of carbonyl (C=O) groups is 2. The van der Waals surface area contributed by atoms with Gasteiger partial charge in [-0.05, 0) is 81.0 Å². The summed E-state index contributed by atoms with van der Waals surface area (Å²) in [6.07, 6.45) is 1.25. The summed E-state index contributed by atoms with van der Waals surface area (Å²) in [6.45, 7) is 12.1. The number of fused-ring (bicyclic) bond motifs is 8. The summed E-state index contributed by atoms with van der Waals surface area (Å²) in [7, 11) is 1.40. The first kappa shape index (κ1) is 28.1. The molecule has 5 heterocycles. The van der Waals surface area contributed by atoms with Crippen molar-refractivity contribution in [2.45, 2.75) is 85.2 Å². The van der Waals surface area contributed by atoms with Crippen LogP contribution in [0, 0.1) is 13.8 Å². The summed E-state index contributed by atoms with van der Waals surface area (Å²) in [5.74, 6) is -0.227. The lowest BCUT2D eigenvalue weighted by Gasteiger charge is -2.16. The Bertz CT molecular complexity index is 1860.